The Bertz CT molecular complexity index is 308. The highest BCUT2D eigenvalue weighted by Gasteiger charge is 2.14. The smallest absolute Gasteiger partial charge is 0.0313 e. The second kappa shape index (κ2) is 5.52. The van der Waals surface area contributed by atoms with Crippen LogP contribution in [0.3, 0.4) is 0 Å². The van der Waals surface area contributed by atoms with E-state index in [2.05, 4.69) is 35.1 Å². The van der Waals surface area contributed by atoms with E-state index in [1.165, 1.54) is 29.7 Å². The Kier molecular flexibility index (Phi) is 4.03. The number of thioether (sulfide) groups is 1. The Balaban J connectivity index is 1.73. The lowest BCUT2D eigenvalue weighted by Gasteiger charge is -2.09. The van der Waals surface area contributed by atoms with Gasteiger partial charge in [-0.3, -0.25) is 4.98 Å². The van der Waals surface area contributed by atoms with Crippen molar-refractivity contribution in [2.45, 2.75) is 31.6 Å². The van der Waals surface area contributed by atoms with E-state index >= 15 is 0 Å². The molecule has 3 heteroatoms. The Morgan fingerprint density at radius 2 is 2.47 bits per heavy atom. The molecule has 82 valence electrons. The Hall–Kier alpha value is -0.540. The highest BCUT2D eigenvalue weighted by molar-refractivity contribution is 8.00. The van der Waals surface area contributed by atoms with Crippen LogP contribution in [0.2, 0.25) is 0 Å². The topological polar surface area (TPSA) is 24.9 Å². The maximum Gasteiger partial charge on any atom is 0.0313 e. The number of nitrogens with one attached hydrogen (secondary N) is 1. The lowest BCUT2D eigenvalue weighted by molar-refractivity contribution is 0.644. The van der Waals surface area contributed by atoms with E-state index in [4.69, 9.17) is 0 Å². The zero-order chi connectivity index (χ0) is 10.5. The molecular weight excluding hydrogens is 204 g/mol. The number of rotatable bonds is 4. The molecule has 1 unspecified atom stereocenters. The van der Waals surface area contributed by atoms with E-state index < -0.39 is 0 Å². The highest BCUT2D eigenvalue weighted by Crippen LogP contribution is 2.25. The van der Waals surface area contributed by atoms with Gasteiger partial charge in [0, 0.05) is 30.7 Å². The molecule has 0 spiro atoms. The largest absolute Gasteiger partial charge is 0.312 e. The fourth-order valence-electron chi connectivity index (χ4n) is 1.90. The summed E-state index contributed by atoms with van der Waals surface area (Å²) in [4.78, 5) is 4.19. The molecule has 0 radical (unpaired) electrons. The van der Waals surface area contributed by atoms with Crippen LogP contribution in [0.1, 0.15) is 24.0 Å². The van der Waals surface area contributed by atoms with Crippen molar-refractivity contribution in [1.29, 1.82) is 0 Å². The van der Waals surface area contributed by atoms with Crippen LogP contribution >= 0.6 is 11.8 Å². The van der Waals surface area contributed by atoms with Gasteiger partial charge in [0.05, 0.1) is 0 Å². The fourth-order valence-corrected chi connectivity index (χ4v) is 3.13. The predicted molar refractivity (Wildman–Crippen MR) is 66.2 cm³/mol. The summed E-state index contributed by atoms with van der Waals surface area (Å²) in [5, 5.41) is 4.35. The van der Waals surface area contributed by atoms with Gasteiger partial charge < -0.3 is 5.32 Å². The number of hydrogen-bond donors (Lipinski definition) is 1. The standard InChI is InChI=1S/C12H18N2S/c1-10-5-11(7-13-6-10)8-14-9-12-3-2-4-15-12/h5-7,12,14H,2-4,8-9H2,1H3. The average molecular weight is 222 g/mol. The molecule has 0 amide bonds. The van der Waals surface area contributed by atoms with Crippen molar-refractivity contribution in [3.05, 3.63) is 29.6 Å². The molecule has 1 N–H and O–H groups in total. The van der Waals surface area contributed by atoms with Crippen LogP contribution in [0.5, 0.6) is 0 Å². The lowest BCUT2D eigenvalue weighted by atomic mass is 10.2. The van der Waals surface area contributed by atoms with Crippen LogP contribution in [0.4, 0.5) is 0 Å². The monoisotopic (exact) mass is 222 g/mol. The van der Waals surface area contributed by atoms with Gasteiger partial charge in [-0.2, -0.15) is 11.8 Å². The molecule has 1 fully saturated rings. The second-order valence-electron chi connectivity index (χ2n) is 4.14. The van der Waals surface area contributed by atoms with Crippen molar-refractivity contribution in [3.8, 4) is 0 Å². The summed E-state index contributed by atoms with van der Waals surface area (Å²) in [6.07, 6.45) is 6.62. The first kappa shape index (κ1) is 11.0. The summed E-state index contributed by atoms with van der Waals surface area (Å²) in [6, 6.07) is 2.20. The molecule has 0 aromatic carbocycles. The molecule has 2 heterocycles. The molecular formula is C12H18N2S. The van der Waals surface area contributed by atoms with Crippen LogP contribution in [-0.4, -0.2) is 22.5 Å². The minimum absolute atomic E-state index is 0.836. The summed E-state index contributed by atoms with van der Waals surface area (Å²) in [5.41, 5.74) is 2.53. The van der Waals surface area contributed by atoms with Crippen LogP contribution in [0.15, 0.2) is 18.5 Å². The molecule has 1 saturated heterocycles. The van der Waals surface area contributed by atoms with Crippen molar-refractivity contribution in [1.82, 2.24) is 10.3 Å². The van der Waals surface area contributed by atoms with Gasteiger partial charge in [0.1, 0.15) is 0 Å². The van der Waals surface area contributed by atoms with Gasteiger partial charge in [0.25, 0.3) is 0 Å². The van der Waals surface area contributed by atoms with Gasteiger partial charge in [-0.05, 0) is 36.6 Å². The first-order chi connectivity index (χ1) is 7.34. The first-order valence-corrected chi connectivity index (χ1v) is 6.62. The lowest BCUT2D eigenvalue weighted by Crippen LogP contribution is -2.22. The number of nitrogens with zero attached hydrogens (tertiary/aromatic N) is 1. The summed E-state index contributed by atoms with van der Waals surface area (Å²) in [6.45, 7) is 4.17. The average Bonchev–Trinajstić information content (AvgIpc) is 2.71. The molecule has 1 aromatic rings. The molecule has 2 nitrogen and oxygen atoms in total. The molecule has 0 saturated carbocycles. The summed E-state index contributed by atoms with van der Waals surface area (Å²) in [5.74, 6) is 1.35. The number of hydrogen-bond acceptors (Lipinski definition) is 3. The third-order valence-electron chi connectivity index (χ3n) is 2.66. The van der Waals surface area contributed by atoms with Crippen molar-refractivity contribution in [2.75, 3.05) is 12.3 Å². The fraction of sp³-hybridized carbons (Fsp3) is 0.583. The van der Waals surface area contributed by atoms with Crippen LogP contribution in [0, 0.1) is 6.92 Å². The quantitative estimate of drug-likeness (QED) is 0.846. The maximum absolute atomic E-state index is 4.19. The number of aryl methyl sites for hydroxylation is 1. The van der Waals surface area contributed by atoms with Crippen molar-refractivity contribution < 1.29 is 0 Å². The van der Waals surface area contributed by atoms with Crippen molar-refractivity contribution in [3.63, 3.8) is 0 Å². The normalized spacial score (nSPS) is 20.7. The van der Waals surface area contributed by atoms with E-state index in [0.717, 1.165) is 18.3 Å². The predicted octanol–water partition coefficient (Wildman–Crippen LogP) is 2.38. The Morgan fingerprint density at radius 1 is 1.53 bits per heavy atom. The molecule has 0 aliphatic carbocycles. The van der Waals surface area contributed by atoms with E-state index in [1.807, 2.05) is 12.4 Å². The first-order valence-electron chi connectivity index (χ1n) is 5.57. The second-order valence-corrected chi connectivity index (χ2v) is 5.54. The van der Waals surface area contributed by atoms with Crippen LogP contribution < -0.4 is 5.32 Å². The third-order valence-corrected chi connectivity index (χ3v) is 4.05. The van der Waals surface area contributed by atoms with Gasteiger partial charge in [-0.25, -0.2) is 0 Å². The maximum atomic E-state index is 4.19. The molecule has 2 rings (SSSR count). The molecule has 0 bridgehead atoms. The summed E-state index contributed by atoms with van der Waals surface area (Å²) in [7, 11) is 0. The van der Waals surface area contributed by atoms with Gasteiger partial charge in [0.2, 0.25) is 0 Å². The minimum atomic E-state index is 0.836. The van der Waals surface area contributed by atoms with Gasteiger partial charge >= 0.3 is 0 Å². The van der Waals surface area contributed by atoms with E-state index in [-0.39, 0.29) is 0 Å². The SMILES string of the molecule is Cc1cncc(CNCC2CCCS2)c1. The number of aromatic nitrogens is 1. The van der Waals surface area contributed by atoms with Gasteiger partial charge in [-0.1, -0.05) is 6.07 Å². The molecule has 1 aliphatic heterocycles. The molecule has 15 heavy (non-hydrogen) atoms. The minimum Gasteiger partial charge on any atom is -0.312 e. The zero-order valence-electron chi connectivity index (χ0n) is 9.20. The summed E-state index contributed by atoms with van der Waals surface area (Å²) < 4.78 is 0. The summed E-state index contributed by atoms with van der Waals surface area (Å²) >= 11 is 2.10. The van der Waals surface area contributed by atoms with E-state index in [1.54, 1.807) is 0 Å². The van der Waals surface area contributed by atoms with E-state index in [0.29, 0.717) is 0 Å². The van der Waals surface area contributed by atoms with Crippen molar-refractivity contribution in [2.24, 2.45) is 0 Å². The van der Waals surface area contributed by atoms with Crippen LogP contribution in [0.25, 0.3) is 0 Å². The molecule has 1 aliphatic rings. The van der Waals surface area contributed by atoms with Gasteiger partial charge in [-0.15, -0.1) is 0 Å². The number of pyridine rings is 1. The zero-order valence-corrected chi connectivity index (χ0v) is 10.0. The highest BCUT2D eigenvalue weighted by atomic mass is 32.2. The Morgan fingerprint density at radius 3 is 3.20 bits per heavy atom. The van der Waals surface area contributed by atoms with Crippen LogP contribution in [-0.2, 0) is 6.54 Å². The third kappa shape index (κ3) is 3.50. The Labute approximate surface area is 95.9 Å². The van der Waals surface area contributed by atoms with Crippen molar-refractivity contribution >= 4 is 11.8 Å². The van der Waals surface area contributed by atoms with Gasteiger partial charge in [0.15, 0.2) is 0 Å². The molecule has 1 aromatic heterocycles. The van der Waals surface area contributed by atoms with E-state index in [9.17, 15) is 0 Å². The molecule has 1 atom stereocenters.